The van der Waals surface area contributed by atoms with Crippen LogP contribution >= 0.6 is 15.9 Å². The summed E-state index contributed by atoms with van der Waals surface area (Å²) in [4.78, 5) is 19.9. The van der Waals surface area contributed by atoms with Gasteiger partial charge in [-0.05, 0) is 48.2 Å². The minimum atomic E-state index is -0.0816. The highest BCUT2D eigenvalue weighted by atomic mass is 79.9. The van der Waals surface area contributed by atoms with Gasteiger partial charge >= 0.3 is 0 Å². The van der Waals surface area contributed by atoms with E-state index in [1.807, 2.05) is 6.07 Å². The summed E-state index contributed by atoms with van der Waals surface area (Å²) in [5.74, 6) is 1.09. The summed E-state index contributed by atoms with van der Waals surface area (Å²) in [6, 6.07) is 6.21. The fourth-order valence-corrected chi connectivity index (χ4v) is 3.66. The molecular weight excluding hydrogens is 328 g/mol. The molecule has 3 nitrogen and oxygen atoms in total. The van der Waals surface area contributed by atoms with Crippen molar-refractivity contribution in [2.75, 3.05) is 0 Å². The third kappa shape index (κ3) is 2.82. The topological polar surface area (TPSA) is 45.8 Å². The van der Waals surface area contributed by atoms with Gasteiger partial charge in [0.15, 0.2) is 0 Å². The number of nitrogens with one attached hydrogen (secondary N) is 1. The highest BCUT2D eigenvalue weighted by Gasteiger charge is 2.23. The van der Waals surface area contributed by atoms with Crippen LogP contribution in [-0.2, 0) is 0 Å². The molecule has 0 amide bonds. The van der Waals surface area contributed by atoms with Crippen LogP contribution in [0.5, 0.6) is 0 Å². The molecule has 110 valence electrons. The average molecular weight is 347 g/mol. The van der Waals surface area contributed by atoms with Crippen LogP contribution in [0.15, 0.2) is 27.5 Å². The Bertz CT molecular complexity index is 730. The molecule has 1 aliphatic carbocycles. The Morgan fingerprint density at radius 1 is 1.24 bits per heavy atom. The van der Waals surface area contributed by atoms with E-state index < -0.39 is 0 Å². The summed E-state index contributed by atoms with van der Waals surface area (Å²) < 4.78 is 0.600. The number of rotatable bonds is 2. The Hall–Kier alpha value is -1.42. The molecule has 0 saturated heterocycles. The lowest BCUT2D eigenvalue weighted by molar-refractivity contribution is 0.688. The van der Waals surface area contributed by atoms with Gasteiger partial charge in [0.25, 0.3) is 5.56 Å². The predicted octanol–water partition coefficient (Wildman–Crippen LogP) is 4.47. The normalized spacial score (nSPS) is 15.6. The zero-order chi connectivity index (χ0) is 15.0. The lowest BCUT2D eigenvalue weighted by Crippen LogP contribution is -2.15. The van der Waals surface area contributed by atoms with E-state index in [9.17, 15) is 4.79 Å². The number of halogens is 1. The summed E-state index contributed by atoms with van der Waals surface area (Å²) in [5.41, 5.74) is 4.20. The number of hydrogen-bond donors (Lipinski definition) is 1. The van der Waals surface area contributed by atoms with Crippen LogP contribution in [0.4, 0.5) is 0 Å². The third-order valence-corrected chi connectivity index (χ3v) is 5.03. The molecule has 0 atom stereocenters. The highest BCUT2D eigenvalue weighted by molar-refractivity contribution is 9.10. The Kier molecular flexibility index (Phi) is 3.98. The van der Waals surface area contributed by atoms with Crippen molar-refractivity contribution in [1.82, 2.24) is 9.97 Å². The van der Waals surface area contributed by atoms with Gasteiger partial charge in [0.05, 0.1) is 5.69 Å². The molecule has 0 radical (unpaired) electrons. The van der Waals surface area contributed by atoms with Crippen molar-refractivity contribution in [1.29, 1.82) is 0 Å². The molecule has 0 spiro atoms. The molecule has 2 aromatic rings. The zero-order valence-corrected chi connectivity index (χ0v) is 14.0. The second-order valence-corrected chi connectivity index (χ2v) is 6.71. The fraction of sp³-hybridized carbons (Fsp3) is 0.412. The number of aromatic amines is 1. The smallest absolute Gasteiger partial charge is 0.265 e. The van der Waals surface area contributed by atoms with Gasteiger partial charge in [0, 0.05) is 11.5 Å². The van der Waals surface area contributed by atoms with Gasteiger partial charge in [0.2, 0.25) is 0 Å². The summed E-state index contributed by atoms with van der Waals surface area (Å²) in [5, 5.41) is 0. The minimum Gasteiger partial charge on any atom is -0.306 e. The van der Waals surface area contributed by atoms with Gasteiger partial charge < -0.3 is 4.98 Å². The quantitative estimate of drug-likeness (QED) is 0.871. The molecule has 0 bridgehead atoms. The van der Waals surface area contributed by atoms with Crippen LogP contribution in [0.1, 0.15) is 48.4 Å². The fourth-order valence-electron chi connectivity index (χ4n) is 3.15. The maximum absolute atomic E-state index is 12.2. The van der Waals surface area contributed by atoms with Crippen LogP contribution in [-0.4, -0.2) is 9.97 Å². The Balaban J connectivity index is 2.13. The largest absolute Gasteiger partial charge is 0.306 e. The second kappa shape index (κ2) is 5.76. The number of hydrogen-bond acceptors (Lipinski definition) is 2. The van der Waals surface area contributed by atoms with Gasteiger partial charge in [-0.25, -0.2) is 4.98 Å². The van der Waals surface area contributed by atoms with Crippen LogP contribution in [0.3, 0.4) is 0 Å². The molecule has 1 aliphatic rings. The lowest BCUT2D eigenvalue weighted by Gasteiger charge is -2.13. The van der Waals surface area contributed by atoms with Gasteiger partial charge in [-0.2, -0.15) is 0 Å². The van der Waals surface area contributed by atoms with Crippen molar-refractivity contribution in [2.24, 2.45) is 0 Å². The molecule has 3 rings (SSSR count). The van der Waals surface area contributed by atoms with E-state index >= 15 is 0 Å². The molecule has 4 heteroatoms. The molecule has 0 unspecified atom stereocenters. The van der Waals surface area contributed by atoms with Crippen LogP contribution in [0, 0.1) is 13.8 Å². The van der Waals surface area contributed by atoms with Crippen molar-refractivity contribution in [3.8, 4) is 11.4 Å². The highest BCUT2D eigenvalue weighted by Crippen LogP contribution is 2.36. The van der Waals surface area contributed by atoms with Crippen molar-refractivity contribution < 1.29 is 0 Å². The molecule has 1 aromatic heterocycles. The third-order valence-electron chi connectivity index (χ3n) is 4.27. The zero-order valence-electron chi connectivity index (χ0n) is 12.4. The Morgan fingerprint density at radius 2 is 1.95 bits per heavy atom. The summed E-state index contributed by atoms with van der Waals surface area (Å²) in [6.07, 6.45) is 4.71. The first-order valence-corrected chi connectivity index (χ1v) is 8.23. The molecule has 1 saturated carbocycles. The van der Waals surface area contributed by atoms with Crippen LogP contribution in [0.25, 0.3) is 11.4 Å². The SMILES string of the molecule is Cc1ccc(-c2nc(C3CCCC3)c(Br)c(=O)[nH]2)c(C)c1. The standard InChI is InChI=1S/C17H19BrN2O/c1-10-7-8-13(11(2)9-10)16-19-15(12-5-3-4-6-12)14(18)17(21)20-16/h7-9,12H,3-6H2,1-2H3,(H,19,20,21). The lowest BCUT2D eigenvalue weighted by atomic mass is 10.0. The van der Waals surface area contributed by atoms with Gasteiger partial charge in [0.1, 0.15) is 10.3 Å². The maximum atomic E-state index is 12.2. The van der Waals surface area contributed by atoms with E-state index in [2.05, 4.69) is 46.9 Å². The van der Waals surface area contributed by atoms with Crippen molar-refractivity contribution in [3.63, 3.8) is 0 Å². The number of H-pyrrole nitrogens is 1. The van der Waals surface area contributed by atoms with E-state index in [1.54, 1.807) is 0 Å². The monoisotopic (exact) mass is 346 g/mol. The van der Waals surface area contributed by atoms with Gasteiger partial charge in [-0.1, -0.05) is 36.6 Å². The average Bonchev–Trinajstić information content (AvgIpc) is 2.96. The van der Waals surface area contributed by atoms with Crippen molar-refractivity contribution >= 4 is 15.9 Å². The van der Waals surface area contributed by atoms with E-state index in [4.69, 9.17) is 4.98 Å². The molecular formula is C17H19BrN2O. The van der Waals surface area contributed by atoms with E-state index in [0.29, 0.717) is 16.2 Å². The maximum Gasteiger partial charge on any atom is 0.265 e. The number of aromatic nitrogens is 2. The van der Waals surface area contributed by atoms with Crippen molar-refractivity contribution in [3.05, 3.63) is 49.8 Å². The Labute approximate surface area is 133 Å². The first kappa shape index (κ1) is 14.5. The molecule has 21 heavy (non-hydrogen) atoms. The molecule has 1 fully saturated rings. The van der Waals surface area contributed by atoms with Gasteiger partial charge in [-0.15, -0.1) is 0 Å². The van der Waals surface area contributed by atoms with Crippen molar-refractivity contribution in [2.45, 2.75) is 45.4 Å². The van der Waals surface area contributed by atoms with E-state index in [0.717, 1.165) is 29.7 Å². The Morgan fingerprint density at radius 3 is 2.62 bits per heavy atom. The molecule has 1 aromatic carbocycles. The van der Waals surface area contributed by atoms with Crippen LogP contribution in [0.2, 0.25) is 0 Å². The predicted molar refractivity (Wildman–Crippen MR) is 88.7 cm³/mol. The number of benzene rings is 1. The summed E-state index contributed by atoms with van der Waals surface area (Å²) in [7, 11) is 0. The first-order valence-electron chi connectivity index (χ1n) is 7.43. The van der Waals surface area contributed by atoms with E-state index in [-0.39, 0.29) is 5.56 Å². The number of aryl methyl sites for hydroxylation is 2. The number of nitrogens with zero attached hydrogens (tertiary/aromatic N) is 1. The molecule has 1 N–H and O–H groups in total. The van der Waals surface area contributed by atoms with Gasteiger partial charge in [-0.3, -0.25) is 4.79 Å². The molecule has 1 heterocycles. The molecule has 0 aliphatic heterocycles. The minimum absolute atomic E-state index is 0.0816. The summed E-state index contributed by atoms with van der Waals surface area (Å²) >= 11 is 3.42. The van der Waals surface area contributed by atoms with E-state index in [1.165, 1.54) is 18.4 Å². The van der Waals surface area contributed by atoms with Crippen LogP contribution < -0.4 is 5.56 Å². The first-order chi connectivity index (χ1) is 10.1. The summed E-state index contributed by atoms with van der Waals surface area (Å²) in [6.45, 7) is 4.12. The second-order valence-electron chi connectivity index (χ2n) is 5.91.